The van der Waals surface area contributed by atoms with Crippen LogP contribution in [0.15, 0.2) is 30.6 Å². The maximum atomic E-state index is 13.3. The third kappa shape index (κ3) is 4.06. The standard InChI is InChI=1S/C14H11FN4O2/c15-11-4-5-12(10(9-11)3-1-2-8-20)13(21)18-14-16-6-7-17-19-14/h4-7,9,20H,2,8H2,(H,16,18,19,21). The lowest BCUT2D eigenvalue weighted by molar-refractivity contribution is 0.102. The molecule has 21 heavy (non-hydrogen) atoms. The Balaban J connectivity index is 2.26. The Morgan fingerprint density at radius 3 is 2.95 bits per heavy atom. The average molecular weight is 286 g/mol. The lowest BCUT2D eigenvalue weighted by Gasteiger charge is -2.05. The molecule has 0 bridgehead atoms. The van der Waals surface area contributed by atoms with Crippen molar-refractivity contribution in [3.63, 3.8) is 0 Å². The second-order valence-electron chi connectivity index (χ2n) is 3.89. The summed E-state index contributed by atoms with van der Waals surface area (Å²) in [4.78, 5) is 15.9. The van der Waals surface area contributed by atoms with Gasteiger partial charge >= 0.3 is 0 Å². The van der Waals surface area contributed by atoms with Gasteiger partial charge in [0.1, 0.15) is 5.82 Å². The van der Waals surface area contributed by atoms with Gasteiger partial charge in [0.2, 0.25) is 5.95 Å². The van der Waals surface area contributed by atoms with E-state index in [1.807, 2.05) is 0 Å². The van der Waals surface area contributed by atoms with Gasteiger partial charge in [-0.2, -0.15) is 5.10 Å². The smallest absolute Gasteiger partial charge is 0.259 e. The van der Waals surface area contributed by atoms with Gasteiger partial charge in [-0.3, -0.25) is 10.1 Å². The minimum atomic E-state index is -0.517. The van der Waals surface area contributed by atoms with E-state index in [4.69, 9.17) is 5.11 Å². The zero-order valence-electron chi connectivity index (χ0n) is 10.9. The Bertz CT molecular complexity index is 695. The van der Waals surface area contributed by atoms with Crippen LogP contribution in [0.25, 0.3) is 0 Å². The van der Waals surface area contributed by atoms with Crippen molar-refractivity contribution in [3.8, 4) is 11.8 Å². The molecule has 1 aromatic carbocycles. The Labute approximate surface area is 120 Å². The number of aliphatic hydroxyl groups excluding tert-OH is 1. The molecular weight excluding hydrogens is 275 g/mol. The number of aromatic nitrogens is 3. The van der Waals surface area contributed by atoms with Crippen LogP contribution in [0.3, 0.4) is 0 Å². The van der Waals surface area contributed by atoms with E-state index in [9.17, 15) is 9.18 Å². The third-order valence-electron chi connectivity index (χ3n) is 2.39. The van der Waals surface area contributed by atoms with Gasteiger partial charge in [0, 0.05) is 12.0 Å². The molecule has 106 valence electrons. The van der Waals surface area contributed by atoms with E-state index >= 15 is 0 Å². The number of carbonyl (C=O) groups excluding carboxylic acids is 1. The summed E-state index contributed by atoms with van der Waals surface area (Å²) >= 11 is 0. The molecule has 0 radical (unpaired) electrons. The van der Waals surface area contributed by atoms with Crippen molar-refractivity contribution in [2.75, 3.05) is 11.9 Å². The second-order valence-corrected chi connectivity index (χ2v) is 3.89. The summed E-state index contributed by atoms with van der Waals surface area (Å²) in [5.41, 5.74) is 0.416. The summed E-state index contributed by atoms with van der Waals surface area (Å²) in [5, 5.41) is 18.4. The van der Waals surface area contributed by atoms with Crippen LogP contribution in [0.2, 0.25) is 0 Å². The monoisotopic (exact) mass is 286 g/mol. The molecule has 2 aromatic rings. The summed E-state index contributed by atoms with van der Waals surface area (Å²) in [5.74, 6) is 4.32. The van der Waals surface area contributed by atoms with Gasteiger partial charge in [-0.25, -0.2) is 9.37 Å². The van der Waals surface area contributed by atoms with Crippen molar-refractivity contribution >= 4 is 11.9 Å². The molecule has 1 heterocycles. The fraction of sp³-hybridized carbons (Fsp3) is 0.143. The van der Waals surface area contributed by atoms with Crippen LogP contribution in [0, 0.1) is 17.7 Å². The van der Waals surface area contributed by atoms with Gasteiger partial charge in [-0.1, -0.05) is 11.8 Å². The Morgan fingerprint density at radius 2 is 2.24 bits per heavy atom. The SMILES string of the molecule is O=C(Nc1nccnn1)c1ccc(F)cc1C#CCCO. The van der Waals surface area contributed by atoms with E-state index in [2.05, 4.69) is 32.3 Å². The normalized spacial score (nSPS) is 9.62. The van der Waals surface area contributed by atoms with Crippen LogP contribution in [0.5, 0.6) is 0 Å². The topological polar surface area (TPSA) is 88.0 Å². The van der Waals surface area contributed by atoms with E-state index in [-0.39, 0.29) is 30.1 Å². The van der Waals surface area contributed by atoms with Gasteiger partial charge in [0.15, 0.2) is 0 Å². The molecule has 0 saturated carbocycles. The summed E-state index contributed by atoms with van der Waals surface area (Å²) in [7, 11) is 0. The molecule has 0 unspecified atom stereocenters. The van der Waals surface area contributed by atoms with Crippen molar-refractivity contribution in [3.05, 3.63) is 47.5 Å². The van der Waals surface area contributed by atoms with Crippen molar-refractivity contribution in [1.29, 1.82) is 0 Å². The maximum Gasteiger partial charge on any atom is 0.259 e. The molecule has 0 aliphatic rings. The van der Waals surface area contributed by atoms with Crippen molar-refractivity contribution in [2.45, 2.75) is 6.42 Å². The van der Waals surface area contributed by atoms with Crippen LogP contribution >= 0.6 is 0 Å². The quantitative estimate of drug-likeness (QED) is 0.822. The fourth-order valence-corrected chi connectivity index (χ4v) is 1.51. The molecule has 1 amide bonds. The highest BCUT2D eigenvalue weighted by atomic mass is 19.1. The van der Waals surface area contributed by atoms with E-state index in [0.29, 0.717) is 0 Å². The highest BCUT2D eigenvalue weighted by molar-refractivity contribution is 6.05. The highest BCUT2D eigenvalue weighted by Crippen LogP contribution is 2.12. The number of hydrogen-bond acceptors (Lipinski definition) is 5. The minimum Gasteiger partial charge on any atom is -0.395 e. The van der Waals surface area contributed by atoms with E-state index < -0.39 is 11.7 Å². The number of nitrogens with zero attached hydrogens (tertiary/aromatic N) is 3. The van der Waals surface area contributed by atoms with E-state index in [0.717, 1.165) is 12.1 Å². The van der Waals surface area contributed by atoms with Crippen molar-refractivity contribution in [1.82, 2.24) is 15.2 Å². The number of rotatable bonds is 3. The first-order chi connectivity index (χ1) is 10.2. The van der Waals surface area contributed by atoms with Gasteiger partial charge < -0.3 is 5.11 Å². The van der Waals surface area contributed by atoms with Crippen molar-refractivity contribution < 1.29 is 14.3 Å². The Morgan fingerprint density at radius 1 is 1.38 bits per heavy atom. The molecule has 2 rings (SSSR count). The largest absolute Gasteiger partial charge is 0.395 e. The third-order valence-corrected chi connectivity index (χ3v) is 2.39. The van der Waals surface area contributed by atoms with Crippen LogP contribution in [-0.4, -0.2) is 32.8 Å². The van der Waals surface area contributed by atoms with Gasteiger partial charge in [-0.15, -0.1) is 5.10 Å². The van der Waals surface area contributed by atoms with Crippen molar-refractivity contribution in [2.24, 2.45) is 0 Å². The van der Waals surface area contributed by atoms with Crippen LogP contribution in [-0.2, 0) is 0 Å². The summed E-state index contributed by atoms with van der Waals surface area (Å²) in [6, 6.07) is 3.64. The Kier molecular flexibility index (Phi) is 4.90. The molecule has 0 atom stereocenters. The average Bonchev–Trinajstić information content (AvgIpc) is 2.48. The predicted molar refractivity (Wildman–Crippen MR) is 72.8 cm³/mol. The number of hydrogen-bond donors (Lipinski definition) is 2. The molecule has 6 nitrogen and oxygen atoms in total. The van der Waals surface area contributed by atoms with Gasteiger partial charge in [0.25, 0.3) is 5.91 Å². The molecule has 0 spiro atoms. The Hall–Kier alpha value is -2.85. The first-order valence-corrected chi connectivity index (χ1v) is 6.05. The number of amides is 1. The number of halogens is 1. The molecule has 7 heteroatoms. The lowest BCUT2D eigenvalue weighted by atomic mass is 10.1. The number of aliphatic hydroxyl groups is 1. The van der Waals surface area contributed by atoms with Crippen LogP contribution in [0.1, 0.15) is 22.3 Å². The van der Waals surface area contributed by atoms with Crippen LogP contribution < -0.4 is 5.32 Å². The lowest BCUT2D eigenvalue weighted by Crippen LogP contribution is -2.16. The zero-order chi connectivity index (χ0) is 15.1. The number of carbonyl (C=O) groups is 1. The fourth-order valence-electron chi connectivity index (χ4n) is 1.51. The molecular formula is C14H11FN4O2. The van der Waals surface area contributed by atoms with Gasteiger partial charge in [-0.05, 0) is 18.2 Å². The molecule has 2 N–H and O–H groups in total. The highest BCUT2D eigenvalue weighted by Gasteiger charge is 2.12. The first kappa shape index (κ1) is 14.6. The van der Waals surface area contributed by atoms with Gasteiger partial charge in [0.05, 0.1) is 24.6 Å². The number of benzene rings is 1. The zero-order valence-corrected chi connectivity index (χ0v) is 10.9. The number of nitrogens with one attached hydrogen (secondary N) is 1. The van der Waals surface area contributed by atoms with E-state index in [1.54, 1.807) is 0 Å². The second kappa shape index (κ2) is 7.07. The van der Waals surface area contributed by atoms with Crippen LogP contribution in [0.4, 0.5) is 10.3 Å². The maximum absolute atomic E-state index is 13.3. The molecule has 0 saturated heterocycles. The molecule has 0 aliphatic carbocycles. The predicted octanol–water partition coefficient (Wildman–Crippen LogP) is 0.997. The molecule has 0 fully saturated rings. The summed E-state index contributed by atoms with van der Waals surface area (Å²) in [6.07, 6.45) is 3.00. The first-order valence-electron chi connectivity index (χ1n) is 6.05. The molecule has 0 aliphatic heterocycles. The summed E-state index contributed by atoms with van der Waals surface area (Å²) in [6.45, 7) is -0.104. The number of anilines is 1. The summed E-state index contributed by atoms with van der Waals surface area (Å²) < 4.78 is 13.3. The van der Waals surface area contributed by atoms with E-state index in [1.165, 1.54) is 18.5 Å². The molecule has 1 aromatic heterocycles. The minimum absolute atomic E-state index is 0.0427.